The summed E-state index contributed by atoms with van der Waals surface area (Å²) in [7, 11) is 0. The smallest absolute Gasteiger partial charge is 0.435 e. The monoisotopic (exact) mass is 268 g/mol. The lowest BCUT2D eigenvalue weighted by atomic mass is 10.0. The summed E-state index contributed by atoms with van der Waals surface area (Å²) in [6.07, 6.45) is -5.06. The lowest BCUT2D eigenvalue weighted by Crippen LogP contribution is -2.54. The van der Waals surface area contributed by atoms with E-state index >= 15 is 0 Å². The Labute approximate surface area is 102 Å². The van der Waals surface area contributed by atoms with Gasteiger partial charge in [0.15, 0.2) is 0 Å². The van der Waals surface area contributed by atoms with Crippen molar-refractivity contribution in [2.24, 2.45) is 0 Å². The molecule has 5 atom stereocenters. The fraction of sp³-hybridized carbons (Fsp3) is 0.889. The zero-order chi connectivity index (χ0) is 13.0. The molecule has 0 spiro atoms. The summed E-state index contributed by atoms with van der Waals surface area (Å²) in [5.41, 5.74) is -1.23. The van der Waals surface area contributed by atoms with E-state index in [1.54, 1.807) is 6.92 Å². The number of aliphatic hydroxyl groups excluding tert-OH is 4. The van der Waals surface area contributed by atoms with Crippen molar-refractivity contribution in [3.8, 4) is 0 Å². The summed E-state index contributed by atoms with van der Waals surface area (Å²) in [6.45, 7) is 1.57. The Hall–Kier alpha value is -0.540. The van der Waals surface area contributed by atoms with E-state index in [2.05, 4.69) is 9.47 Å². The zero-order valence-electron chi connectivity index (χ0n) is 9.22. The van der Waals surface area contributed by atoms with Crippen molar-refractivity contribution < 1.29 is 34.7 Å². The van der Waals surface area contributed by atoms with Gasteiger partial charge in [-0.2, -0.15) is 0 Å². The van der Waals surface area contributed by atoms with Crippen molar-refractivity contribution in [2.45, 2.75) is 35.9 Å². The number of hydrogen-bond donors (Lipinski definition) is 4. The third kappa shape index (κ3) is 3.71. The predicted molar refractivity (Wildman–Crippen MR) is 58.4 cm³/mol. The minimum absolute atomic E-state index is 0.170. The molecule has 1 fully saturated rings. The molecule has 1 aliphatic heterocycles. The molecule has 0 aliphatic carbocycles. The van der Waals surface area contributed by atoms with Crippen LogP contribution in [0.3, 0.4) is 0 Å². The Kier molecular flexibility index (Phi) is 5.47. The molecule has 7 nitrogen and oxygen atoms in total. The first-order valence-corrected chi connectivity index (χ1v) is 6.09. The van der Waals surface area contributed by atoms with Gasteiger partial charge in [0.2, 0.25) is 0 Å². The van der Waals surface area contributed by atoms with Gasteiger partial charge in [0.25, 0.3) is 0 Å². The van der Waals surface area contributed by atoms with Gasteiger partial charge < -0.3 is 29.9 Å². The molecule has 100 valence electrons. The second kappa shape index (κ2) is 6.41. The maximum absolute atomic E-state index is 10.9. The van der Waals surface area contributed by atoms with Gasteiger partial charge in [0.1, 0.15) is 24.3 Å². The summed E-state index contributed by atoms with van der Waals surface area (Å²) in [6, 6.07) is 0. The number of carbonyl (C=O) groups excluding carboxylic acids is 1. The van der Waals surface area contributed by atoms with E-state index in [9.17, 15) is 25.2 Å². The number of thioether (sulfide) groups is 1. The van der Waals surface area contributed by atoms with Crippen molar-refractivity contribution in [1.82, 2.24) is 0 Å². The van der Waals surface area contributed by atoms with E-state index in [0.717, 1.165) is 11.8 Å². The van der Waals surface area contributed by atoms with Crippen molar-refractivity contribution in [3.05, 3.63) is 0 Å². The normalized spacial score (nSPS) is 37.6. The largest absolute Gasteiger partial charge is 0.508 e. The highest BCUT2D eigenvalue weighted by Crippen LogP contribution is 2.31. The number of hydrogen-bond acceptors (Lipinski definition) is 8. The molecule has 1 aliphatic rings. The molecule has 0 amide bonds. The molecule has 0 aromatic rings. The lowest BCUT2D eigenvalue weighted by Gasteiger charge is -2.37. The Morgan fingerprint density at radius 1 is 1.12 bits per heavy atom. The number of aliphatic hydroxyl groups is 4. The van der Waals surface area contributed by atoms with Crippen molar-refractivity contribution in [3.63, 3.8) is 0 Å². The van der Waals surface area contributed by atoms with E-state index < -0.39 is 35.2 Å². The van der Waals surface area contributed by atoms with Crippen LogP contribution in [0.15, 0.2) is 0 Å². The minimum Gasteiger partial charge on any atom is -0.435 e. The second-order valence-corrected chi connectivity index (χ2v) is 4.89. The maximum atomic E-state index is 10.9. The molecule has 4 N–H and O–H groups in total. The topological polar surface area (TPSA) is 116 Å². The minimum atomic E-state index is -1.47. The van der Waals surface area contributed by atoms with E-state index in [1.165, 1.54) is 0 Å². The molecule has 17 heavy (non-hydrogen) atoms. The van der Waals surface area contributed by atoms with Crippen LogP contribution in [0.5, 0.6) is 0 Å². The average Bonchev–Trinajstić information content (AvgIpc) is 2.30. The molecular formula is C9H16O7S. The zero-order valence-corrected chi connectivity index (χ0v) is 10.0. The third-order valence-corrected chi connectivity index (χ3v) is 3.64. The first-order valence-electron chi connectivity index (χ1n) is 5.14. The Bertz CT molecular complexity index is 262. The quantitative estimate of drug-likeness (QED) is 0.465. The van der Waals surface area contributed by atoms with Crippen LogP contribution in [0, 0.1) is 0 Å². The van der Waals surface area contributed by atoms with E-state index in [4.69, 9.17) is 0 Å². The molecule has 0 radical (unpaired) electrons. The summed E-state index contributed by atoms with van der Waals surface area (Å²) in [4.78, 5) is 10.9. The summed E-state index contributed by atoms with van der Waals surface area (Å²) < 4.78 is 9.19. The van der Waals surface area contributed by atoms with Gasteiger partial charge in [-0.1, -0.05) is 0 Å². The van der Waals surface area contributed by atoms with Gasteiger partial charge in [-0.05, 0) is 6.92 Å². The highest BCUT2D eigenvalue weighted by Gasteiger charge is 2.43. The standard InChI is InChI=1S/C9H16O7S/c1-2-15-9(14)16-3-4-5(10)6(11)7(12)8(13)17-4/h4-8,10-13H,2-3H2,1H3/t4-,5-,6+,7-,8-/m0/s1. The molecule has 1 saturated heterocycles. The van der Waals surface area contributed by atoms with E-state index in [1.807, 2.05) is 0 Å². The molecule has 0 unspecified atom stereocenters. The highest BCUT2D eigenvalue weighted by atomic mass is 32.2. The Morgan fingerprint density at radius 2 is 1.76 bits per heavy atom. The highest BCUT2D eigenvalue weighted by molar-refractivity contribution is 8.00. The van der Waals surface area contributed by atoms with Crippen LogP contribution < -0.4 is 0 Å². The predicted octanol–water partition coefficient (Wildman–Crippen LogP) is -1.32. The lowest BCUT2D eigenvalue weighted by molar-refractivity contribution is -0.0965. The summed E-state index contributed by atoms with van der Waals surface area (Å²) in [5.74, 6) is 0. The Balaban J connectivity index is 2.45. The fourth-order valence-electron chi connectivity index (χ4n) is 1.38. The van der Waals surface area contributed by atoms with Gasteiger partial charge in [-0.3, -0.25) is 0 Å². The Morgan fingerprint density at radius 3 is 2.35 bits per heavy atom. The fourth-order valence-corrected chi connectivity index (χ4v) is 2.53. The van der Waals surface area contributed by atoms with E-state index in [-0.39, 0.29) is 13.2 Å². The first-order chi connectivity index (χ1) is 7.97. The van der Waals surface area contributed by atoms with Crippen LogP contribution in [0.4, 0.5) is 4.79 Å². The van der Waals surface area contributed by atoms with Crippen LogP contribution in [-0.2, 0) is 9.47 Å². The molecule has 0 aromatic carbocycles. The molecule has 1 heterocycles. The number of carbonyl (C=O) groups is 1. The molecular weight excluding hydrogens is 252 g/mol. The van der Waals surface area contributed by atoms with Crippen molar-refractivity contribution in [2.75, 3.05) is 13.2 Å². The van der Waals surface area contributed by atoms with Crippen LogP contribution in [0.1, 0.15) is 6.92 Å². The van der Waals surface area contributed by atoms with Gasteiger partial charge in [0, 0.05) is 0 Å². The second-order valence-electron chi connectivity index (χ2n) is 3.53. The molecule has 1 rings (SSSR count). The molecule has 0 bridgehead atoms. The number of rotatable bonds is 3. The van der Waals surface area contributed by atoms with Gasteiger partial charge >= 0.3 is 6.16 Å². The van der Waals surface area contributed by atoms with Crippen LogP contribution >= 0.6 is 11.8 Å². The van der Waals surface area contributed by atoms with Crippen LogP contribution in [0.25, 0.3) is 0 Å². The SMILES string of the molecule is CCOC(=O)OC[C@@H]1S[C@H](O)[C@@H](O)[C@H](O)[C@H]1O. The van der Waals surface area contributed by atoms with Crippen LogP contribution in [-0.4, -0.2) is 68.8 Å². The van der Waals surface area contributed by atoms with Crippen LogP contribution in [0.2, 0.25) is 0 Å². The maximum Gasteiger partial charge on any atom is 0.508 e. The summed E-state index contributed by atoms with van der Waals surface area (Å²) in [5, 5.41) is 36.9. The third-order valence-electron chi connectivity index (χ3n) is 2.31. The first kappa shape index (κ1) is 14.5. The van der Waals surface area contributed by atoms with Crippen molar-refractivity contribution in [1.29, 1.82) is 0 Å². The van der Waals surface area contributed by atoms with Gasteiger partial charge in [-0.15, -0.1) is 11.8 Å². The molecule has 8 heteroatoms. The average molecular weight is 268 g/mol. The molecule has 0 aromatic heterocycles. The van der Waals surface area contributed by atoms with Gasteiger partial charge in [-0.25, -0.2) is 4.79 Å². The van der Waals surface area contributed by atoms with E-state index in [0.29, 0.717) is 0 Å². The summed E-state index contributed by atoms with van der Waals surface area (Å²) >= 11 is 0.829. The molecule has 0 saturated carbocycles. The number of ether oxygens (including phenoxy) is 2. The van der Waals surface area contributed by atoms with Crippen molar-refractivity contribution >= 4 is 17.9 Å². The van der Waals surface area contributed by atoms with Gasteiger partial charge in [0.05, 0.1) is 18.0 Å².